The number of amides is 1. The van der Waals surface area contributed by atoms with E-state index in [1.54, 1.807) is 12.1 Å². The van der Waals surface area contributed by atoms with Crippen LogP contribution in [0.2, 0.25) is 0 Å². The van der Waals surface area contributed by atoms with Gasteiger partial charge >= 0.3 is 0 Å². The molecule has 0 spiro atoms. The van der Waals surface area contributed by atoms with E-state index in [0.717, 1.165) is 43.7 Å². The summed E-state index contributed by atoms with van der Waals surface area (Å²) in [7, 11) is -3.65. The number of nitrogens with zero attached hydrogens (tertiary/aromatic N) is 1. The van der Waals surface area contributed by atoms with Gasteiger partial charge in [-0.15, -0.1) is 11.8 Å². The van der Waals surface area contributed by atoms with Crippen molar-refractivity contribution in [1.82, 2.24) is 9.62 Å². The number of carbonyl (C=O) groups is 1. The van der Waals surface area contributed by atoms with E-state index in [1.165, 1.54) is 17.8 Å². The van der Waals surface area contributed by atoms with Crippen molar-refractivity contribution in [3.8, 4) is 0 Å². The van der Waals surface area contributed by atoms with Gasteiger partial charge in [0.25, 0.3) is 5.91 Å². The van der Waals surface area contributed by atoms with Crippen LogP contribution in [0.25, 0.3) is 0 Å². The van der Waals surface area contributed by atoms with Crippen molar-refractivity contribution in [2.24, 2.45) is 0 Å². The average molecular weight is 415 g/mol. The minimum absolute atomic E-state index is 0.0744. The first-order valence-electron chi connectivity index (χ1n) is 9.54. The molecule has 8 heteroatoms. The average Bonchev–Trinajstić information content (AvgIpc) is 2.96. The normalized spacial score (nSPS) is 15.6. The third-order valence-electron chi connectivity index (χ3n) is 4.57. The van der Waals surface area contributed by atoms with Crippen molar-refractivity contribution in [2.75, 3.05) is 39.1 Å². The van der Waals surface area contributed by atoms with E-state index in [2.05, 4.69) is 4.72 Å². The van der Waals surface area contributed by atoms with Gasteiger partial charge in [-0.1, -0.05) is 12.8 Å². The molecule has 2 rings (SSSR count). The van der Waals surface area contributed by atoms with Crippen LogP contribution in [0.1, 0.15) is 49.4 Å². The standard InChI is InChI=1S/C19H30N2O4S2/c1-3-25-14-8-11-20-27(23,24)16-9-10-18(26-2)17(15-16)19(22)21-12-6-4-5-7-13-21/h9-10,15,20H,3-8,11-14H2,1-2H3. The Kier molecular flexibility index (Phi) is 9.08. The Balaban J connectivity index is 2.16. The van der Waals surface area contributed by atoms with Crippen LogP contribution in [0.15, 0.2) is 28.0 Å². The summed E-state index contributed by atoms with van der Waals surface area (Å²) in [6.45, 7) is 4.81. The summed E-state index contributed by atoms with van der Waals surface area (Å²) >= 11 is 1.46. The van der Waals surface area contributed by atoms with E-state index >= 15 is 0 Å². The molecule has 0 bridgehead atoms. The highest BCUT2D eigenvalue weighted by Gasteiger charge is 2.23. The lowest BCUT2D eigenvalue weighted by Gasteiger charge is -2.22. The molecule has 27 heavy (non-hydrogen) atoms. The highest BCUT2D eigenvalue weighted by Crippen LogP contribution is 2.26. The molecule has 1 amide bonds. The molecule has 1 aliphatic rings. The van der Waals surface area contributed by atoms with Gasteiger partial charge in [0, 0.05) is 37.7 Å². The Hall–Kier alpha value is -1.09. The second-order valence-corrected chi connectivity index (χ2v) is 9.13. The summed E-state index contributed by atoms with van der Waals surface area (Å²) in [6, 6.07) is 4.81. The lowest BCUT2D eigenvalue weighted by atomic mass is 10.2. The third-order valence-corrected chi connectivity index (χ3v) is 6.82. The summed E-state index contributed by atoms with van der Waals surface area (Å²) < 4.78 is 33.0. The van der Waals surface area contributed by atoms with Crippen LogP contribution in [0.3, 0.4) is 0 Å². The lowest BCUT2D eigenvalue weighted by molar-refractivity contribution is 0.0758. The highest BCUT2D eigenvalue weighted by atomic mass is 32.2. The van der Waals surface area contributed by atoms with Gasteiger partial charge in [0.15, 0.2) is 0 Å². The fourth-order valence-electron chi connectivity index (χ4n) is 3.07. The summed E-state index contributed by atoms with van der Waals surface area (Å²) in [5, 5.41) is 0. The molecule has 0 atom stereocenters. The largest absolute Gasteiger partial charge is 0.382 e. The summed E-state index contributed by atoms with van der Waals surface area (Å²) in [4.78, 5) is 15.8. The molecule has 1 saturated heterocycles. The van der Waals surface area contributed by atoms with Crippen LogP contribution in [0, 0.1) is 0 Å². The number of thioether (sulfide) groups is 1. The first-order valence-corrected chi connectivity index (χ1v) is 12.2. The fraction of sp³-hybridized carbons (Fsp3) is 0.632. The zero-order valence-electron chi connectivity index (χ0n) is 16.2. The third kappa shape index (κ3) is 6.48. The van der Waals surface area contributed by atoms with E-state index in [-0.39, 0.29) is 10.8 Å². The van der Waals surface area contributed by atoms with Gasteiger partial charge in [0.2, 0.25) is 10.0 Å². The first-order chi connectivity index (χ1) is 13.0. The summed E-state index contributed by atoms with van der Waals surface area (Å²) in [5.41, 5.74) is 0.474. The maximum Gasteiger partial charge on any atom is 0.255 e. The number of nitrogens with one attached hydrogen (secondary N) is 1. The minimum Gasteiger partial charge on any atom is -0.382 e. The van der Waals surface area contributed by atoms with E-state index in [1.807, 2.05) is 18.1 Å². The number of benzene rings is 1. The first kappa shape index (κ1) is 22.2. The number of hydrogen-bond acceptors (Lipinski definition) is 5. The second kappa shape index (κ2) is 11.0. The maximum absolute atomic E-state index is 13.0. The lowest BCUT2D eigenvalue weighted by Crippen LogP contribution is -2.32. The quantitative estimate of drug-likeness (QED) is 0.496. The SMILES string of the molecule is CCOCCCNS(=O)(=O)c1ccc(SC)c(C(=O)N2CCCCCC2)c1. The molecule has 0 saturated carbocycles. The predicted octanol–water partition coefficient (Wildman–Crippen LogP) is 3.13. The molecule has 0 unspecified atom stereocenters. The Morgan fingerprint density at radius 3 is 2.56 bits per heavy atom. The molecule has 0 aromatic heterocycles. The monoisotopic (exact) mass is 414 g/mol. The van der Waals surface area contributed by atoms with Gasteiger partial charge in [-0.25, -0.2) is 13.1 Å². The van der Waals surface area contributed by atoms with E-state index in [4.69, 9.17) is 4.74 Å². The molecule has 1 N–H and O–H groups in total. The predicted molar refractivity (Wildman–Crippen MR) is 109 cm³/mol. The Morgan fingerprint density at radius 1 is 1.22 bits per heavy atom. The molecule has 1 aliphatic heterocycles. The van der Waals surface area contributed by atoms with Crippen molar-refractivity contribution in [3.05, 3.63) is 23.8 Å². The van der Waals surface area contributed by atoms with Gasteiger partial charge in [-0.2, -0.15) is 0 Å². The van der Waals surface area contributed by atoms with E-state index < -0.39 is 10.0 Å². The van der Waals surface area contributed by atoms with Crippen LogP contribution < -0.4 is 4.72 Å². The van der Waals surface area contributed by atoms with E-state index in [9.17, 15) is 13.2 Å². The van der Waals surface area contributed by atoms with Gasteiger partial charge in [-0.05, 0) is 50.6 Å². The number of rotatable bonds is 9. The Labute approximate surface area is 167 Å². The molecule has 1 aromatic carbocycles. The molecular weight excluding hydrogens is 384 g/mol. The number of carbonyl (C=O) groups excluding carboxylic acids is 1. The Bertz CT molecular complexity index is 714. The van der Waals surface area contributed by atoms with Crippen molar-refractivity contribution in [2.45, 2.75) is 48.8 Å². The zero-order valence-corrected chi connectivity index (χ0v) is 17.8. The number of ether oxygens (including phenoxy) is 1. The van der Waals surface area contributed by atoms with Crippen LogP contribution in [0.5, 0.6) is 0 Å². The van der Waals surface area contributed by atoms with E-state index in [0.29, 0.717) is 31.7 Å². The molecule has 1 fully saturated rings. The smallest absolute Gasteiger partial charge is 0.255 e. The van der Waals surface area contributed by atoms with Crippen LogP contribution in [-0.4, -0.2) is 58.3 Å². The minimum atomic E-state index is -3.65. The fourth-order valence-corrected chi connectivity index (χ4v) is 4.74. The number of hydrogen-bond donors (Lipinski definition) is 1. The topological polar surface area (TPSA) is 75.7 Å². The van der Waals surface area contributed by atoms with Gasteiger partial charge < -0.3 is 9.64 Å². The van der Waals surface area contributed by atoms with Crippen molar-refractivity contribution < 1.29 is 17.9 Å². The number of likely N-dealkylation sites (tertiary alicyclic amines) is 1. The molecule has 0 aliphatic carbocycles. The van der Waals surface area contributed by atoms with Crippen molar-refractivity contribution >= 4 is 27.7 Å². The van der Waals surface area contributed by atoms with Crippen LogP contribution in [-0.2, 0) is 14.8 Å². The summed E-state index contributed by atoms with van der Waals surface area (Å²) in [5.74, 6) is -0.0744. The van der Waals surface area contributed by atoms with Gasteiger partial charge in [0.05, 0.1) is 10.5 Å². The molecular formula is C19H30N2O4S2. The zero-order chi connectivity index (χ0) is 19.7. The number of sulfonamides is 1. The van der Waals surface area contributed by atoms with Crippen LogP contribution >= 0.6 is 11.8 Å². The van der Waals surface area contributed by atoms with Crippen molar-refractivity contribution in [3.63, 3.8) is 0 Å². The van der Waals surface area contributed by atoms with Crippen molar-refractivity contribution in [1.29, 1.82) is 0 Å². The molecule has 152 valence electrons. The highest BCUT2D eigenvalue weighted by molar-refractivity contribution is 7.98. The van der Waals surface area contributed by atoms with Crippen LogP contribution in [0.4, 0.5) is 0 Å². The molecule has 6 nitrogen and oxygen atoms in total. The van der Waals surface area contributed by atoms with Gasteiger partial charge in [-0.3, -0.25) is 4.79 Å². The maximum atomic E-state index is 13.0. The second-order valence-electron chi connectivity index (χ2n) is 6.52. The summed E-state index contributed by atoms with van der Waals surface area (Å²) in [6.07, 6.45) is 6.78. The van der Waals surface area contributed by atoms with Gasteiger partial charge in [0.1, 0.15) is 0 Å². The molecule has 0 radical (unpaired) electrons. The molecule has 1 heterocycles. The molecule has 1 aromatic rings. The Morgan fingerprint density at radius 2 is 1.93 bits per heavy atom.